The maximum Gasteiger partial charge on any atom is 0.290 e. The van der Waals surface area contributed by atoms with Gasteiger partial charge in [-0.15, -0.1) is 0 Å². The Balaban J connectivity index is 1.89. The van der Waals surface area contributed by atoms with Crippen LogP contribution < -0.4 is 19.5 Å². The lowest BCUT2D eigenvalue weighted by Crippen LogP contribution is -2.17. The summed E-state index contributed by atoms with van der Waals surface area (Å²) in [5.74, 6) is 1.01. The molecule has 2 amide bonds. The summed E-state index contributed by atoms with van der Waals surface area (Å²) in [4.78, 5) is 23.3. The molecule has 0 saturated carbocycles. The summed E-state index contributed by atoms with van der Waals surface area (Å²) in [5, 5.41) is 1.84. The molecule has 1 fully saturated rings. The van der Waals surface area contributed by atoms with Crippen molar-refractivity contribution < 1.29 is 23.8 Å². The standard InChI is InChI=1S/C19H17NO5S/c1-23-14-8-13(10-16-18(21)20-19(22)26-16)9-15(24-2)17(14)25-11-12-6-4-3-5-7-12/h3-10H,11H2,1-2H3,(H,20,21,22)/b16-10-. The predicted octanol–water partition coefficient (Wildman–Crippen LogP) is 3.61. The van der Waals surface area contributed by atoms with Crippen molar-refractivity contribution in [3.05, 3.63) is 58.5 Å². The lowest BCUT2D eigenvalue weighted by molar-refractivity contribution is -0.115. The van der Waals surface area contributed by atoms with E-state index in [0.29, 0.717) is 34.3 Å². The molecule has 1 saturated heterocycles. The van der Waals surface area contributed by atoms with Gasteiger partial charge in [-0.05, 0) is 41.1 Å². The molecule has 2 aromatic carbocycles. The summed E-state index contributed by atoms with van der Waals surface area (Å²) in [6.45, 7) is 0.362. The highest BCUT2D eigenvalue weighted by atomic mass is 32.2. The Morgan fingerprint density at radius 2 is 1.69 bits per heavy atom. The smallest absolute Gasteiger partial charge is 0.290 e. The lowest BCUT2D eigenvalue weighted by Gasteiger charge is -2.15. The maximum absolute atomic E-state index is 11.7. The zero-order chi connectivity index (χ0) is 18.5. The third-order valence-corrected chi connectivity index (χ3v) is 4.46. The first-order valence-corrected chi connectivity index (χ1v) is 8.60. The summed E-state index contributed by atoms with van der Waals surface area (Å²) in [7, 11) is 3.06. The molecule has 0 spiro atoms. The van der Waals surface area contributed by atoms with Crippen LogP contribution in [0.4, 0.5) is 4.79 Å². The van der Waals surface area contributed by atoms with E-state index < -0.39 is 5.91 Å². The van der Waals surface area contributed by atoms with Gasteiger partial charge in [-0.3, -0.25) is 14.9 Å². The lowest BCUT2D eigenvalue weighted by atomic mass is 10.1. The Morgan fingerprint density at radius 3 is 2.23 bits per heavy atom. The normalized spacial score (nSPS) is 15.1. The highest BCUT2D eigenvalue weighted by Crippen LogP contribution is 2.40. The van der Waals surface area contributed by atoms with Crippen molar-refractivity contribution >= 4 is 29.0 Å². The van der Waals surface area contributed by atoms with Gasteiger partial charge in [-0.2, -0.15) is 0 Å². The van der Waals surface area contributed by atoms with E-state index in [1.165, 1.54) is 14.2 Å². The second-order valence-corrected chi connectivity index (χ2v) is 6.40. The minimum absolute atomic E-state index is 0.317. The van der Waals surface area contributed by atoms with E-state index in [0.717, 1.165) is 17.3 Å². The fourth-order valence-corrected chi connectivity index (χ4v) is 3.11. The molecule has 3 rings (SSSR count). The largest absolute Gasteiger partial charge is 0.493 e. The number of amides is 2. The van der Waals surface area contributed by atoms with E-state index in [-0.39, 0.29) is 5.24 Å². The second-order valence-electron chi connectivity index (χ2n) is 5.38. The molecular formula is C19H17NO5S. The van der Waals surface area contributed by atoms with Crippen molar-refractivity contribution in [2.75, 3.05) is 14.2 Å². The summed E-state index contributed by atoms with van der Waals surface area (Å²) in [6, 6.07) is 13.2. The SMILES string of the molecule is COc1cc(/C=C2\SC(=O)NC2=O)cc(OC)c1OCc1ccccc1. The molecule has 134 valence electrons. The number of rotatable bonds is 6. The van der Waals surface area contributed by atoms with Crippen LogP contribution in [0.25, 0.3) is 6.08 Å². The van der Waals surface area contributed by atoms with Gasteiger partial charge in [0.15, 0.2) is 11.5 Å². The molecule has 6 nitrogen and oxygen atoms in total. The third kappa shape index (κ3) is 4.00. The second kappa shape index (κ2) is 7.97. The number of carbonyl (C=O) groups excluding carboxylic acids is 2. The topological polar surface area (TPSA) is 73.9 Å². The number of nitrogens with one attached hydrogen (secondary N) is 1. The number of ether oxygens (including phenoxy) is 3. The summed E-state index contributed by atoms with van der Waals surface area (Å²) in [6.07, 6.45) is 1.61. The highest BCUT2D eigenvalue weighted by molar-refractivity contribution is 8.18. The van der Waals surface area contributed by atoms with E-state index in [1.807, 2.05) is 30.3 Å². The molecule has 2 aromatic rings. The number of hydrogen-bond donors (Lipinski definition) is 1. The van der Waals surface area contributed by atoms with Gasteiger partial charge in [-0.1, -0.05) is 30.3 Å². The first-order chi connectivity index (χ1) is 12.6. The molecule has 1 aliphatic rings. The van der Waals surface area contributed by atoms with Crippen LogP contribution in [0, 0.1) is 0 Å². The van der Waals surface area contributed by atoms with E-state index in [9.17, 15) is 9.59 Å². The van der Waals surface area contributed by atoms with Crippen LogP contribution >= 0.6 is 11.8 Å². The molecule has 0 aliphatic carbocycles. The molecule has 1 N–H and O–H groups in total. The minimum atomic E-state index is -0.415. The van der Waals surface area contributed by atoms with Crippen molar-refractivity contribution in [1.29, 1.82) is 0 Å². The first-order valence-electron chi connectivity index (χ1n) is 7.78. The first kappa shape index (κ1) is 17.9. The van der Waals surface area contributed by atoms with Gasteiger partial charge in [0.2, 0.25) is 5.75 Å². The zero-order valence-corrected chi connectivity index (χ0v) is 15.1. The summed E-state index contributed by atoms with van der Waals surface area (Å²) >= 11 is 0.856. The van der Waals surface area contributed by atoms with Gasteiger partial charge in [0.1, 0.15) is 6.61 Å². The van der Waals surface area contributed by atoms with Crippen LogP contribution in [0.15, 0.2) is 47.4 Å². The van der Waals surface area contributed by atoms with Crippen LogP contribution in [-0.4, -0.2) is 25.4 Å². The van der Waals surface area contributed by atoms with Gasteiger partial charge in [0.25, 0.3) is 11.1 Å². The van der Waals surface area contributed by atoms with Crippen LogP contribution in [-0.2, 0) is 11.4 Å². The molecule has 1 aliphatic heterocycles. The Kier molecular flexibility index (Phi) is 5.48. The van der Waals surface area contributed by atoms with Gasteiger partial charge >= 0.3 is 0 Å². The quantitative estimate of drug-likeness (QED) is 0.782. The number of methoxy groups -OCH3 is 2. The maximum atomic E-state index is 11.7. The van der Waals surface area contributed by atoms with Crippen LogP contribution in [0.1, 0.15) is 11.1 Å². The number of carbonyl (C=O) groups is 2. The molecule has 0 radical (unpaired) electrons. The fraction of sp³-hybridized carbons (Fsp3) is 0.158. The third-order valence-electron chi connectivity index (χ3n) is 3.65. The fourth-order valence-electron chi connectivity index (χ4n) is 2.43. The molecule has 26 heavy (non-hydrogen) atoms. The van der Waals surface area contributed by atoms with Gasteiger partial charge in [-0.25, -0.2) is 0 Å². The predicted molar refractivity (Wildman–Crippen MR) is 99.4 cm³/mol. The molecule has 1 heterocycles. The van der Waals surface area contributed by atoms with E-state index >= 15 is 0 Å². The number of hydrogen-bond acceptors (Lipinski definition) is 6. The molecule has 0 bridgehead atoms. The highest BCUT2D eigenvalue weighted by Gasteiger charge is 2.25. The molecule has 0 unspecified atom stereocenters. The average molecular weight is 371 g/mol. The van der Waals surface area contributed by atoms with Crippen molar-refractivity contribution in [3.8, 4) is 17.2 Å². The molecule has 7 heteroatoms. The van der Waals surface area contributed by atoms with Crippen molar-refractivity contribution in [1.82, 2.24) is 5.32 Å². The van der Waals surface area contributed by atoms with Crippen molar-refractivity contribution in [3.63, 3.8) is 0 Å². The number of thioether (sulfide) groups is 1. The van der Waals surface area contributed by atoms with E-state index in [4.69, 9.17) is 14.2 Å². The Bertz CT molecular complexity index is 838. The van der Waals surface area contributed by atoms with Gasteiger partial charge < -0.3 is 14.2 Å². The summed E-state index contributed by atoms with van der Waals surface area (Å²) in [5.41, 5.74) is 1.68. The van der Waals surface area contributed by atoms with Crippen LogP contribution in [0.3, 0.4) is 0 Å². The number of imide groups is 1. The molecule has 0 atom stereocenters. The van der Waals surface area contributed by atoms with E-state index in [2.05, 4.69) is 5.32 Å². The zero-order valence-electron chi connectivity index (χ0n) is 14.3. The number of benzene rings is 2. The van der Waals surface area contributed by atoms with Crippen LogP contribution in [0.2, 0.25) is 0 Å². The molecular weight excluding hydrogens is 354 g/mol. The van der Waals surface area contributed by atoms with Crippen LogP contribution in [0.5, 0.6) is 17.2 Å². The van der Waals surface area contributed by atoms with Gasteiger partial charge in [0, 0.05) is 0 Å². The van der Waals surface area contributed by atoms with Crippen molar-refractivity contribution in [2.24, 2.45) is 0 Å². The average Bonchev–Trinajstić information content (AvgIpc) is 2.97. The van der Waals surface area contributed by atoms with E-state index in [1.54, 1.807) is 18.2 Å². The monoisotopic (exact) mass is 371 g/mol. The van der Waals surface area contributed by atoms with Crippen molar-refractivity contribution in [2.45, 2.75) is 6.61 Å². The molecule has 0 aromatic heterocycles. The summed E-state index contributed by atoms with van der Waals surface area (Å²) < 4.78 is 16.7. The van der Waals surface area contributed by atoms with Gasteiger partial charge in [0.05, 0.1) is 19.1 Å². The Hall–Kier alpha value is -2.93. The minimum Gasteiger partial charge on any atom is -0.493 e. The Labute approximate surface area is 155 Å². The Morgan fingerprint density at radius 1 is 1.04 bits per heavy atom.